The van der Waals surface area contributed by atoms with Crippen molar-refractivity contribution >= 4 is 21.1 Å². The molecule has 0 aromatic carbocycles. The van der Waals surface area contributed by atoms with E-state index in [-0.39, 0.29) is 11.2 Å². The summed E-state index contributed by atoms with van der Waals surface area (Å²) >= 11 is 0. The number of carbonyl (C=O) groups is 1. The van der Waals surface area contributed by atoms with E-state index in [4.69, 9.17) is 5.14 Å². The Morgan fingerprint density at radius 1 is 1.60 bits per heavy atom. The Labute approximate surface area is 90.2 Å². The molecule has 2 unspecified atom stereocenters. The molecule has 2 aliphatic carbocycles. The number of ketones is 1. The molecule has 0 amide bonds. The highest BCUT2D eigenvalue weighted by molar-refractivity contribution is 7.94. The third-order valence-electron chi connectivity index (χ3n) is 4.36. The molecular formula is C10H17NO3S. The quantitative estimate of drug-likeness (QED) is 0.655. The zero-order valence-corrected chi connectivity index (χ0v) is 9.84. The first-order valence-electron chi connectivity index (χ1n) is 5.13. The maximum Gasteiger partial charge on any atom is 0.144 e. The SMILES string of the molecule is CC1(C)C2CC[C@@]1(C=S(N)(=O)O)C(=O)C2. The van der Waals surface area contributed by atoms with Crippen molar-refractivity contribution in [2.24, 2.45) is 21.9 Å². The molecule has 3 atom stereocenters. The minimum atomic E-state index is -3.45. The van der Waals surface area contributed by atoms with Crippen LogP contribution in [-0.4, -0.2) is 19.9 Å². The molecule has 2 saturated carbocycles. The summed E-state index contributed by atoms with van der Waals surface area (Å²) in [6, 6.07) is 0. The van der Waals surface area contributed by atoms with Crippen molar-refractivity contribution < 1.29 is 13.6 Å². The average Bonchev–Trinajstić information content (AvgIpc) is 2.34. The fraction of sp³-hybridized carbons (Fsp3) is 0.800. The smallest absolute Gasteiger partial charge is 0.144 e. The van der Waals surface area contributed by atoms with Crippen LogP contribution in [0.15, 0.2) is 0 Å². The van der Waals surface area contributed by atoms with Gasteiger partial charge in [-0.15, -0.1) is 0 Å². The maximum atomic E-state index is 11.9. The zero-order valence-electron chi connectivity index (χ0n) is 9.03. The average molecular weight is 231 g/mol. The van der Waals surface area contributed by atoms with Gasteiger partial charge in [0.05, 0.1) is 5.41 Å². The lowest BCUT2D eigenvalue weighted by atomic mass is 9.70. The summed E-state index contributed by atoms with van der Waals surface area (Å²) in [5.41, 5.74) is -0.993. The zero-order chi connectivity index (χ0) is 11.5. The van der Waals surface area contributed by atoms with E-state index in [9.17, 15) is 13.6 Å². The molecular weight excluding hydrogens is 214 g/mol. The van der Waals surface area contributed by atoms with Crippen molar-refractivity contribution in [2.75, 3.05) is 0 Å². The van der Waals surface area contributed by atoms with Gasteiger partial charge in [-0.3, -0.25) is 4.79 Å². The molecule has 86 valence electrons. The number of carbonyl (C=O) groups excluding carboxylic acids is 1. The van der Waals surface area contributed by atoms with Gasteiger partial charge in [-0.1, -0.05) is 13.8 Å². The van der Waals surface area contributed by atoms with E-state index in [0.717, 1.165) is 6.42 Å². The lowest BCUT2D eigenvalue weighted by molar-refractivity contribution is -0.125. The van der Waals surface area contributed by atoms with Crippen LogP contribution in [0, 0.1) is 16.7 Å². The first-order valence-corrected chi connectivity index (χ1v) is 6.77. The van der Waals surface area contributed by atoms with Crippen molar-refractivity contribution in [1.29, 1.82) is 0 Å². The molecule has 0 saturated heterocycles. The Balaban J connectivity index is 2.60. The molecule has 2 bridgehead atoms. The summed E-state index contributed by atoms with van der Waals surface area (Å²) in [6.07, 6.45) is 2.14. The van der Waals surface area contributed by atoms with Crippen LogP contribution in [0.4, 0.5) is 0 Å². The van der Waals surface area contributed by atoms with Gasteiger partial charge in [-0.25, -0.2) is 9.35 Å². The van der Waals surface area contributed by atoms with E-state index in [2.05, 4.69) is 0 Å². The highest BCUT2D eigenvalue weighted by Crippen LogP contribution is 2.62. The molecule has 4 nitrogen and oxygen atoms in total. The molecule has 0 spiro atoms. The molecule has 0 heterocycles. The van der Waals surface area contributed by atoms with Gasteiger partial charge in [0.15, 0.2) is 0 Å². The fourth-order valence-electron chi connectivity index (χ4n) is 3.28. The third kappa shape index (κ3) is 1.37. The van der Waals surface area contributed by atoms with Crippen LogP contribution in [0.25, 0.3) is 0 Å². The Hall–Kier alpha value is -0.390. The van der Waals surface area contributed by atoms with Gasteiger partial charge in [0, 0.05) is 11.8 Å². The minimum Gasteiger partial charge on any atom is -0.303 e. The first-order chi connectivity index (χ1) is 6.69. The first kappa shape index (κ1) is 11.1. The lowest BCUT2D eigenvalue weighted by Crippen LogP contribution is -2.40. The Bertz CT molecular complexity index is 426. The predicted molar refractivity (Wildman–Crippen MR) is 59.6 cm³/mol. The van der Waals surface area contributed by atoms with Crippen LogP contribution in [-0.2, 0) is 14.8 Å². The van der Waals surface area contributed by atoms with Crippen LogP contribution in [0.2, 0.25) is 0 Å². The molecule has 2 fully saturated rings. The van der Waals surface area contributed by atoms with E-state index in [1.54, 1.807) is 0 Å². The van der Waals surface area contributed by atoms with E-state index in [1.807, 2.05) is 13.8 Å². The lowest BCUT2D eigenvalue weighted by Gasteiger charge is -2.33. The van der Waals surface area contributed by atoms with E-state index >= 15 is 0 Å². The topological polar surface area (TPSA) is 80.4 Å². The second-order valence-corrected chi connectivity index (χ2v) is 6.75. The van der Waals surface area contributed by atoms with Crippen LogP contribution in [0.5, 0.6) is 0 Å². The van der Waals surface area contributed by atoms with Crippen LogP contribution in [0.3, 0.4) is 0 Å². The molecule has 0 aromatic heterocycles. The molecule has 2 aliphatic rings. The summed E-state index contributed by atoms with van der Waals surface area (Å²) in [7, 11) is -3.45. The number of Topliss-reactive ketones (excluding diaryl/α,β-unsaturated/α-hetero) is 1. The highest BCUT2D eigenvalue weighted by Gasteiger charge is 2.63. The predicted octanol–water partition coefficient (Wildman–Crippen LogP) is 0.815. The highest BCUT2D eigenvalue weighted by atomic mass is 32.2. The van der Waals surface area contributed by atoms with Gasteiger partial charge in [-0.2, -0.15) is 0 Å². The van der Waals surface area contributed by atoms with Gasteiger partial charge in [0.1, 0.15) is 15.8 Å². The normalized spacial score (nSPS) is 41.6. The maximum absolute atomic E-state index is 11.9. The van der Waals surface area contributed by atoms with Gasteiger partial charge >= 0.3 is 0 Å². The van der Waals surface area contributed by atoms with Crippen LogP contribution < -0.4 is 5.14 Å². The summed E-state index contributed by atoms with van der Waals surface area (Å²) in [5.74, 6) is 0.416. The second-order valence-electron chi connectivity index (χ2n) is 5.29. The molecule has 5 heteroatoms. The van der Waals surface area contributed by atoms with Crippen molar-refractivity contribution in [2.45, 2.75) is 33.1 Å². The van der Waals surface area contributed by atoms with E-state index in [0.29, 0.717) is 18.8 Å². The molecule has 0 aliphatic heterocycles. The summed E-state index contributed by atoms with van der Waals surface area (Å²) in [4.78, 5) is 11.9. The van der Waals surface area contributed by atoms with Gasteiger partial charge < -0.3 is 4.55 Å². The molecule has 2 rings (SSSR count). The van der Waals surface area contributed by atoms with Gasteiger partial charge in [-0.05, 0) is 24.2 Å². The van der Waals surface area contributed by atoms with Crippen LogP contribution in [0.1, 0.15) is 33.1 Å². The number of hydrogen-bond donors (Lipinski definition) is 2. The van der Waals surface area contributed by atoms with Gasteiger partial charge in [0.2, 0.25) is 0 Å². The summed E-state index contributed by atoms with van der Waals surface area (Å²) in [6.45, 7) is 3.99. The number of rotatable bonds is 1. The van der Waals surface area contributed by atoms with E-state index in [1.165, 1.54) is 5.37 Å². The van der Waals surface area contributed by atoms with Crippen molar-refractivity contribution in [1.82, 2.24) is 0 Å². The summed E-state index contributed by atoms with van der Waals surface area (Å²) < 4.78 is 20.5. The second kappa shape index (κ2) is 2.84. The Morgan fingerprint density at radius 2 is 2.20 bits per heavy atom. The Morgan fingerprint density at radius 3 is 2.53 bits per heavy atom. The monoisotopic (exact) mass is 231 g/mol. The summed E-state index contributed by atoms with van der Waals surface area (Å²) in [5, 5.41) is 6.36. The molecule has 3 N–H and O–H groups in total. The minimum absolute atomic E-state index is 0.0796. The number of nitrogens with two attached hydrogens (primary N) is 1. The van der Waals surface area contributed by atoms with Gasteiger partial charge in [0.25, 0.3) is 0 Å². The molecule has 0 aromatic rings. The third-order valence-corrected chi connectivity index (χ3v) is 5.10. The molecule has 0 radical (unpaired) electrons. The van der Waals surface area contributed by atoms with Crippen molar-refractivity contribution in [3.63, 3.8) is 0 Å². The Kier molecular flexibility index (Phi) is 2.10. The number of hydrogen-bond acceptors (Lipinski definition) is 2. The van der Waals surface area contributed by atoms with Crippen molar-refractivity contribution in [3.05, 3.63) is 0 Å². The van der Waals surface area contributed by atoms with Crippen LogP contribution >= 0.6 is 0 Å². The number of fused-ring (bicyclic) bond motifs is 2. The largest absolute Gasteiger partial charge is 0.303 e. The fourth-order valence-corrected chi connectivity index (χ4v) is 4.41. The molecule has 15 heavy (non-hydrogen) atoms. The standard InChI is InChI=1S/C10H17NO3S/c1-9(2)7-3-4-10(9,8(12)5-7)6-15(11,13)14/h6-7H,3-5H2,1-2H3,(H3,11,13,14)/t7?,10-/m1/s1. The van der Waals surface area contributed by atoms with E-state index < -0.39 is 15.4 Å². The van der Waals surface area contributed by atoms with Crippen molar-refractivity contribution in [3.8, 4) is 0 Å².